The fourth-order valence-electron chi connectivity index (χ4n) is 2.80. The van der Waals surface area contributed by atoms with E-state index in [2.05, 4.69) is 5.32 Å². The maximum Gasteiger partial charge on any atom is 0.270 e. The summed E-state index contributed by atoms with van der Waals surface area (Å²) in [4.78, 5) is 25.1. The van der Waals surface area contributed by atoms with E-state index in [4.69, 9.17) is 9.47 Å². The summed E-state index contributed by atoms with van der Waals surface area (Å²) >= 11 is 0. The van der Waals surface area contributed by atoms with Crippen molar-refractivity contribution >= 4 is 17.3 Å². The van der Waals surface area contributed by atoms with E-state index in [1.54, 1.807) is 18.0 Å². The van der Waals surface area contributed by atoms with E-state index in [1.165, 1.54) is 12.1 Å². The van der Waals surface area contributed by atoms with Crippen molar-refractivity contribution in [1.29, 1.82) is 0 Å². The van der Waals surface area contributed by atoms with Crippen molar-refractivity contribution in [3.63, 3.8) is 0 Å². The van der Waals surface area contributed by atoms with Crippen molar-refractivity contribution in [1.82, 2.24) is 4.90 Å². The van der Waals surface area contributed by atoms with E-state index in [0.29, 0.717) is 30.3 Å². The van der Waals surface area contributed by atoms with Crippen molar-refractivity contribution < 1.29 is 19.2 Å². The average molecular weight is 357 g/mol. The number of nitro benzene ring substituents is 1. The van der Waals surface area contributed by atoms with E-state index in [-0.39, 0.29) is 24.0 Å². The standard InChI is InChI=1S/C18H19N3O5/c1-3-20(10-12-4-7-16-17(8-12)26-11-25-16)18(22)14-9-13(21(23)24)5-6-15(14)19-2/h4-9,19H,3,10-11H2,1-2H3. The van der Waals surface area contributed by atoms with Gasteiger partial charge in [-0.05, 0) is 30.7 Å². The van der Waals surface area contributed by atoms with Gasteiger partial charge >= 0.3 is 0 Å². The average Bonchev–Trinajstić information content (AvgIpc) is 3.12. The summed E-state index contributed by atoms with van der Waals surface area (Å²) in [6, 6.07) is 9.73. The third-order valence-electron chi connectivity index (χ3n) is 4.19. The molecular weight excluding hydrogens is 338 g/mol. The molecule has 1 heterocycles. The summed E-state index contributed by atoms with van der Waals surface area (Å²) in [6.07, 6.45) is 0. The molecule has 0 spiro atoms. The monoisotopic (exact) mass is 357 g/mol. The normalized spacial score (nSPS) is 11.9. The topological polar surface area (TPSA) is 93.9 Å². The molecule has 2 aromatic carbocycles. The zero-order valence-corrected chi connectivity index (χ0v) is 14.5. The van der Waals surface area contributed by atoms with Crippen molar-refractivity contribution in [3.05, 3.63) is 57.6 Å². The first-order valence-corrected chi connectivity index (χ1v) is 8.17. The van der Waals surface area contributed by atoms with E-state index in [9.17, 15) is 14.9 Å². The third kappa shape index (κ3) is 3.39. The number of carbonyl (C=O) groups excluding carboxylic acids is 1. The van der Waals surface area contributed by atoms with Crippen LogP contribution in [-0.2, 0) is 6.54 Å². The first kappa shape index (κ1) is 17.5. The van der Waals surface area contributed by atoms with Gasteiger partial charge in [-0.25, -0.2) is 0 Å². The fraction of sp³-hybridized carbons (Fsp3) is 0.278. The Morgan fingerprint density at radius 3 is 2.69 bits per heavy atom. The van der Waals surface area contributed by atoms with Gasteiger partial charge in [-0.1, -0.05) is 6.07 Å². The van der Waals surface area contributed by atoms with Gasteiger partial charge in [0.2, 0.25) is 6.79 Å². The molecule has 0 saturated carbocycles. The van der Waals surface area contributed by atoms with E-state index >= 15 is 0 Å². The molecule has 1 N–H and O–H groups in total. The first-order chi connectivity index (χ1) is 12.5. The zero-order chi connectivity index (χ0) is 18.7. The summed E-state index contributed by atoms with van der Waals surface area (Å²) < 4.78 is 10.7. The van der Waals surface area contributed by atoms with Crippen molar-refractivity contribution in [2.45, 2.75) is 13.5 Å². The van der Waals surface area contributed by atoms with Gasteiger partial charge < -0.3 is 19.7 Å². The third-order valence-corrected chi connectivity index (χ3v) is 4.19. The Morgan fingerprint density at radius 2 is 2.00 bits per heavy atom. The van der Waals surface area contributed by atoms with Crippen LogP contribution in [0.3, 0.4) is 0 Å². The molecule has 0 saturated heterocycles. The number of fused-ring (bicyclic) bond motifs is 1. The molecule has 0 radical (unpaired) electrons. The minimum absolute atomic E-state index is 0.119. The number of nitrogens with zero attached hydrogens (tertiary/aromatic N) is 2. The van der Waals surface area contributed by atoms with Crippen molar-refractivity contribution in [3.8, 4) is 11.5 Å². The van der Waals surface area contributed by atoms with Crippen molar-refractivity contribution in [2.24, 2.45) is 0 Å². The number of carbonyl (C=O) groups is 1. The van der Waals surface area contributed by atoms with E-state index in [1.807, 2.05) is 25.1 Å². The van der Waals surface area contributed by atoms with Gasteiger partial charge in [-0.2, -0.15) is 0 Å². The van der Waals surface area contributed by atoms with Gasteiger partial charge in [0.25, 0.3) is 11.6 Å². The Morgan fingerprint density at radius 1 is 1.23 bits per heavy atom. The second kappa shape index (κ2) is 7.30. The first-order valence-electron chi connectivity index (χ1n) is 8.17. The van der Waals surface area contributed by atoms with Gasteiger partial charge in [0.15, 0.2) is 11.5 Å². The number of ether oxygens (including phenoxy) is 2. The summed E-state index contributed by atoms with van der Waals surface area (Å²) in [5.74, 6) is 1.05. The molecule has 26 heavy (non-hydrogen) atoms. The van der Waals surface area contributed by atoms with Crippen LogP contribution in [0, 0.1) is 10.1 Å². The van der Waals surface area contributed by atoms with Crippen LogP contribution >= 0.6 is 0 Å². The summed E-state index contributed by atoms with van der Waals surface area (Å²) in [6.45, 7) is 2.87. The lowest BCUT2D eigenvalue weighted by atomic mass is 10.1. The number of nitrogens with one attached hydrogen (secondary N) is 1. The molecule has 1 amide bonds. The molecular formula is C18H19N3O5. The van der Waals surface area contributed by atoms with Gasteiger partial charge in [0.1, 0.15) is 0 Å². The van der Waals surface area contributed by atoms with Crippen LogP contribution in [0.4, 0.5) is 11.4 Å². The SMILES string of the molecule is CCN(Cc1ccc2c(c1)OCO2)C(=O)c1cc([N+](=O)[O-])ccc1NC. The number of amides is 1. The Balaban J connectivity index is 1.87. The second-order valence-electron chi connectivity index (χ2n) is 5.74. The lowest BCUT2D eigenvalue weighted by Crippen LogP contribution is -2.30. The predicted molar refractivity (Wildman–Crippen MR) is 95.6 cm³/mol. The molecule has 0 atom stereocenters. The van der Waals surface area contributed by atoms with Gasteiger partial charge in [0, 0.05) is 38.0 Å². The second-order valence-corrected chi connectivity index (χ2v) is 5.74. The lowest BCUT2D eigenvalue weighted by Gasteiger charge is -2.22. The van der Waals surface area contributed by atoms with Crippen LogP contribution in [0.1, 0.15) is 22.8 Å². The largest absolute Gasteiger partial charge is 0.454 e. The van der Waals surface area contributed by atoms with E-state index < -0.39 is 4.92 Å². The number of non-ortho nitro benzene ring substituents is 1. The molecule has 2 aromatic rings. The maximum absolute atomic E-state index is 13.0. The molecule has 8 nitrogen and oxygen atoms in total. The molecule has 0 fully saturated rings. The molecule has 1 aliphatic heterocycles. The summed E-state index contributed by atoms with van der Waals surface area (Å²) in [7, 11) is 1.67. The van der Waals surface area contributed by atoms with Crippen LogP contribution in [0.15, 0.2) is 36.4 Å². The van der Waals surface area contributed by atoms with Crippen LogP contribution in [0.5, 0.6) is 11.5 Å². The minimum atomic E-state index is -0.510. The Labute approximate surface area is 150 Å². The summed E-state index contributed by atoms with van der Waals surface area (Å²) in [5, 5.41) is 14.0. The van der Waals surface area contributed by atoms with Crippen LogP contribution in [0.25, 0.3) is 0 Å². The lowest BCUT2D eigenvalue weighted by molar-refractivity contribution is -0.384. The highest BCUT2D eigenvalue weighted by Crippen LogP contribution is 2.33. The number of benzene rings is 2. The zero-order valence-electron chi connectivity index (χ0n) is 14.5. The van der Waals surface area contributed by atoms with Crippen LogP contribution in [0.2, 0.25) is 0 Å². The number of rotatable bonds is 6. The number of nitro groups is 1. The smallest absolute Gasteiger partial charge is 0.270 e. The molecule has 0 unspecified atom stereocenters. The Hall–Kier alpha value is -3.29. The fourth-order valence-corrected chi connectivity index (χ4v) is 2.80. The van der Waals surface area contributed by atoms with Gasteiger partial charge in [0.05, 0.1) is 10.5 Å². The maximum atomic E-state index is 13.0. The molecule has 0 aliphatic carbocycles. The molecule has 0 aromatic heterocycles. The van der Waals surface area contributed by atoms with E-state index in [0.717, 1.165) is 5.56 Å². The van der Waals surface area contributed by atoms with Gasteiger partial charge in [-0.15, -0.1) is 0 Å². The van der Waals surface area contributed by atoms with Gasteiger partial charge in [-0.3, -0.25) is 14.9 Å². The molecule has 0 bridgehead atoms. The summed E-state index contributed by atoms with van der Waals surface area (Å²) in [5.41, 5.74) is 1.58. The Kier molecular flexibility index (Phi) is 4.92. The highest BCUT2D eigenvalue weighted by Gasteiger charge is 2.22. The highest BCUT2D eigenvalue weighted by molar-refractivity contribution is 6.00. The highest BCUT2D eigenvalue weighted by atomic mass is 16.7. The molecule has 136 valence electrons. The Bertz CT molecular complexity index is 853. The predicted octanol–water partition coefficient (Wildman–Crippen LogP) is 3.03. The molecule has 1 aliphatic rings. The molecule has 3 rings (SSSR count). The number of hydrogen-bond acceptors (Lipinski definition) is 6. The quantitative estimate of drug-likeness (QED) is 0.631. The molecule has 8 heteroatoms. The number of hydrogen-bond donors (Lipinski definition) is 1. The van der Waals surface area contributed by atoms with Crippen LogP contribution in [-0.4, -0.2) is 36.1 Å². The van der Waals surface area contributed by atoms with Crippen LogP contribution < -0.4 is 14.8 Å². The number of anilines is 1. The van der Waals surface area contributed by atoms with Crippen molar-refractivity contribution in [2.75, 3.05) is 25.7 Å². The minimum Gasteiger partial charge on any atom is -0.454 e.